The molecule has 1 aliphatic rings. The molecule has 0 aliphatic heterocycles. The summed E-state index contributed by atoms with van der Waals surface area (Å²) in [7, 11) is -3.18. The third-order valence-electron chi connectivity index (χ3n) is 4.35. The molecule has 2 rings (SSSR count). The maximum atomic E-state index is 11.4. The molecule has 0 bridgehead atoms. The number of hydrogen-bond acceptors (Lipinski definition) is 4. The van der Waals surface area contributed by atoms with Gasteiger partial charge in [0.1, 0.15) is 0 Å². The molecular weight excluding hydrogens is 274 g/mol. The van der Waals surface area contributed by atoms with E-state index < -0.39 is 15.9 Å². The molecule has 2 N–H and O–H groups in total. The van der Waals surface area contributed by atoms with Crippen LogP contribution in [0.1, 0.15) is 44.3 Å². The van der Waals surface area contributed by atoms with Crippen LogP contribution in [0.2, 0.25) is 0 Å². The number of nitrogens with one attached hydrogen (secondary N) is 1. The van der Waals surface area contributed by atoms with Crippen LogP contribution in [0.25, 0.3) is 0 Å². The normalized spacial score (nSPS) is 19.4. The molecule has 5 heteroatoms. The van der Waals surface area contributed by atoms with Gasteiger partial charge in [-0.2, -0.15) is 0 Å². The predicted molar refractivity (Wildman–Crippen MR) is 79.4 cm³/mol. The highest BCUT2D eigenvalue weighted by Crippen LogP contribution is 2.34. The second kappa shape index (κ2) is 5.84. The summed E-state index contributed by atoms with van der Waals surface area (Å²) in [5.41, 5.74) is 0.948. The molecule has 1 atom stereocenters. The van der Waals surface area contributed by atoms with Gasteiger partial charge < -0.3 is 10.4 Å². The summed E-state index contributed by atoms with van der Waals surface area (Å²) in [6.07, 6.45) is 5.24. The van der Waals surface area contributed by atoms with Crippen molar-refractivity contribution in [2.75, 3.05) is 12.8 Å². The minimum Gasteiger partial charge on any atom is -0.387 e. The van der Waals surface area contributed by atoms with E-state index in [9.17, 15) is 13.5 Å². The van der Waals surface area contributed by atoms with Crippen molar-refractivity contribution in [3.8, 4) is 0 Å². The monoisotopic (exact) mass is 297 g/mol. The zero-order chi connectivity index (χ0) is 14.8. The van der Waals surface area contributed by atoms with Crippen molar-refractivity contribution in [1.29, 1.82) is 0 Å². The Morgan fingerprint density at radius 1 is 1.30 bits per heavy atom. The topological polar surface area (TPSA) is 66.4 Å². The second-order valence-electron chi connectivity index (χ2n) is 5.73. The van der Waals surface area contributed by atoms with Crippen LogP contribution < -0.4 is 5.32 Å². The Balaban J connectivity index is 1.97. The molecule has 0 saturated heterocycles. The van der Waals surface area contributed by atoms with Gasteiger partial charge in [0.2, 0.25) is 0 Å². The molecule has 0 aromatic heterocycles. The Morgan fingerprint density at radius 3 is 2.30 bits per heavy atom. The van der Waals surface area contributed by atoms with Gasteiger partial charge in [-0.05, 0) is 43.4 Å². The summed E-state index contributed by atoms with van der Waals surface area (Å²) in [5.74, 6) is 0. The van der Waals surface area contributed by atoms with Crippen LogP contribution in [0.5, 0.6) is 0 Å². The molecule has 1 saturated carbocycles. The number of β-amino-alcohol motifs (C(OH)–C–C–N with tert-alkyl or cyclic N) is 1. The molecule has 1 unspecified atom stereocenters. The van der Waals surface area contributed by atoms with Crippen LogP contribution >= 0.6 is 0 Å². The van der Waals surface area contributed by atoms with Gasteiger partial charge in [0.05, 0.1) is 11.0 Å². The van der Waals surface area contributed by atoms with E-state index in [1.54, 1.807) is 24.3 Å². The number of hydrogen-bond donors (Lipinski definition) is 2. The maximum Gasteiger partial charge on any atom is 0.175 e. The van der Waals surface area contributed by atoms with Crippen LogP contribution in [0.15, 0.2) is 29.2 Å². The number of rotatable bonds is 6. The molecule has 4 nitrogen and oxygen atoms in total. The maximum absolute atomic E-state index is 11.4. The van der Waals surface area contributed by atoms with Crippen LogP contribution in [0, 0.1) is 0 Å². The molecule has 20 heavy (non-hydrogen) atoms. The number of aliphatic hydroxyl groups is 1. The molecule has 0 spiro atoms. The zero-order valence-corrected chi connectivity index (χ0v) is 12.9. The Kier molecular flexibility index (Phi) is 4.52. The first-order chi connectivity index (χ1) is 9.36. The van der Waals surface area contributed by atoms with Gasteiger partial charge in [-0.25, -0.2) is 8.42 Å². The van der Waals surface area contributed by atoms with Crippen molar-refractivity contribution in [3.05, 3.63) is 29.8 Å². The van der Waals surface area contributed by atoms with Crippen molar-refractivity contribution in [2.45, 2.75) is 49.1 Å². The summed E-state index contributed by atoms with van der Waals surface area (Å²) in [6.45, 7) is 2.67. The van der Waals surface area contributed by atoms with Crippen molar-refractivity contribution in [3.63, 3.8) is 0 Å². The molecule has 0 heterocycles. The van der Waals surface area contributed by atoms with Crippen LogP contribution in [0.4, 0.5) is 0 Å². The summed E-state index contributed by atoms with van der Waals surface area (Å²) in [4.78, 5) is 0.283. The molecule has 1 fully saturated rings. The van der Waals surface area contributed by atoms with E-state index in [4.69, 9.17) is 0 Å². The summed E-state index contributed by atoms with van der Waals surface area (Å²) in [6, 6.07) is 6.46. The summed E-state index contributed by atoms with van der Waals surface area (Å²) >= 11 is 0. The van der Waals surface area contributed by atoms with Crippen LogP contribution in [-0.4, -0.2) is 31.9 Å². The van der Waals surface area contributed by atoms with Gasteiger partial charge in [0, 0.05) is 18.3 Å². The lowest BCUT2D eigenvalue weighted by atomic mass is 9.75. The largest absolute Gasteiger partial charge is 0.387 e. The van der Waals surface area contributed by atoms with E-state index in [1.807, 2.05) is 0 Å². The highest BCUT2D eigenvalue weighted by atomic mass is 32.2. The minimum atomic E-state index is -3.18. The molecule has 0 radical (unpaired) electrons. The van der Waals surface area contributed by atoms with Gasteiger partial charge in [-0.3, -0.25) is 0 Å². The molecule has 1 aliphatic carbocycles. The van der Waals surface area contributed by atoms with Gasteiger partial charge in [-0.1, -0.05) is 19.1 Å². The number of aliphatic hydroxyl groups excluding tert-OH is 1. The number of benzene rings is 1. The number of sulfone groups is 1. The molecular formula is C15H23NO3S. The Hall–Kier alpha value is -0.910. The van der Waals surface area contributed by atoms with Crippen molar-refractivity contribution in [2.24, 2.45) is 0 Å². The van der Waals surface area contributed by atoms with E-state index >= 15 is 0 Å². The fourth-order valence-electron chi connectivity index (χ4n) is 2.63. The fourth-order valence-corrected chi connectivity index (χ4v) is 3.26. The van der Waals surface area contributed by atoms with E-state index in [-0.39, 0.29) is 10.4 Å². The lowest BCUT2D eigenvalue weighted by molar-refractivity contribution is 0.119. The van der Waals surface area contributed by atoms with Crippen molar-refractivity contribution in [1.82, 2.24) is 5.32 Å². The van der Waals surface area contributed by atoms with Crippen LogP contribution in [0.3, 0.4) is 0 Å². The van der Waals surface area contributed by atoms with Crippen molar-refractivity contribution < 1.29 is 13.5 Å². The third-order valence-corrected chi connectivity index (χ3v) is 5.48. The van der Waals surface area contributed by atoms with E-state index in [0.29, 0.717) is 6.54 Å². The SMILES string of the molecule is CCC1(NCC(O)c2ccc(S(C)(=O)=O)cc2)CCC1. The minimum absolute atomic E-state index is 0.202. The quantitative estimate of drug-likeness (QED) is 0.843. The first-order valence-electron chi connectivity index (χ1n) is 7.09. The summed E-state index contributed by atoms with van der Waals surface area (Å²) in [5, 5.41) is 13.6. The van der Waals surface area contributed by atoms with E-state index in [1.165, 1.54) is 25.5 Å². The fraction of sp³-hybridized carbons (Fsp3) is 0.600. The molecule has 1 aromatic carbocycles. The average Bonchev–Trinajstić information content (AvgIpc) is 2.37. The average molecular weight is 297 g/mol. The Bertz CT molecular complexity index is 541. The Labute approximate surface area is 121 Å². The van der Waals surface area contributed by atoms with Gasteiger partial charge >= 0.3 is 0 Å². The predicted octanol–water partition coefficient (Wildman–Crippen LogP) is 2.05. The lowest BCUT2D eigenvalue weighted by Gasteiger charge is -2.42. The van der Waals surface area contributed by atoms with Gasteiger partial charge in [-0.15, -0.1) is 0 Å². The first-order valence-corrected chi connectivity index (χ1v) is 8.98. The Morgan fingerprint density at radius 2 is 1.90 bits per heavy atom. The first kappa shape index (κ1) is 15.5. The highest BCUT2D eigenvalue weighted by molar-refractivity contribution is 7.90. The van der Waals surface area contributed by atoms with Gasteiger partial charge in [0.15, 0.2) is 9.84 Å². The van der Waals surface area contributed by atoms with Crippen LogP contribution in [-0.2, 0) is 9.84 Å². The smallest absolute Gasteiger partial charge is 0.175 e. The zero-order valence-electron chi connectivity index (χ0n) is 12.1. The second-order valence-corrected chi connectivity index (χ2v) is 7.74. The molecule has 0 amide bonds. The van der Waals surface area contributed by atoms with Gasteiger partial charge in [0.25, 0.3) is 0 Å². The molecule has 112 valence electrons. The third kappa shape index (κ3) is 3.40. The molecule has 1 aromatic rings. The van der Waals surface area contributed by atoms with Crippen molar-refractivity contribution >= 4 is 9.84 Å². The lowest BCUT2D eigenvalue weighted by Crippen LogP contribution is -2.51. The standard InChI is InChI=1S/C15H23NO3S/c1-3-15(9-4-10-15)16-11-14(17)12-5-7-13(8-6-12)20(2,18)19/h5-8,14,16-17H,3-4,9-11H2,1-2H3. The van der Waals surface area contributed by atoms with E-state index in [2.05, 4.69) is 12.2 Å². The summed E-state index contributed by atoms with van der Waals surface area (Å²) < 4.78 is 22.8. The van der Waals surface area contributed by atoms with E-state index in [0.717, 1.165) is 12.0 Å². The highest BCUT2D eigenvalue weighted by Gasteiger charge is 2.34.